The molecule has 106 valence electrons. The Morgan fingerprint density at radius 2 is 1.79 bits per heavy atom. The summed E-state index contributed by atoms with van der Waals surface area (Å²) < 4.78 is 39.5. The Morgan fingerprint density at radius 1 is 1.26 bits per heavy atom. The Labute approximate surface area is 109 Å². The lowest BCUT2D eigenvalue weighted by atomic mass is 10.0. The fourth-order valence-corrected chi connectivity index (χ4v) is 1.76. The molecule has 0 aromatic heterocycles. The second-order valence-electron chi connectivity index (χ2n) is 4.73. The highest BCUT2D eigenvalue weighted by Crippen LogP contribution is 2.15. The van der Waals surface area contributed by atoms with Crippen LogP contribution in [0.15, 0.2) is 12.1 Å². The van der Waals surface area contributed by atoms with E-state index in [1.165, 1.54) is 0 Å². The minimum atomic E-state index is -1.27. The summed E-state index contributed by atoms with van der Waals surface area (Å²) in [5, 5.41) is 11.4. The van der Waals surface area contributed by atoms with Gasteiger partial charge in [-0.05, 0) is 12.3 Å². The molecule has 3 nitrogen and oxygen atoms in total. The molecule has 0 bridgehead atoms. The minimum Gasteiger partial charge on any atom is -0.394 e. The number of halogens is 3. The normalized spacial score (nSPS) is 12.6. The van der Waals surface area contributed by atoms with Gasteiger partial charge in [-0.15, -0.1) is 0 Å². The zero-order valence-electron chi connectivity index (χ0n) is 10.7. The zero-order valence-corrected chi connectivity index (χ0v) is 10.7. The Hall–Kier alpha value is -1.56. The monoisotopic (exact) mass is 275 g/mol. The van der Waals surface area contributed by atoms with Gasteiger partial charge in [0.1, 0.15) is 23.0 Å². The fraction of sp³-hybridized carbons (Fsp3) is 0.462. The van der Waals surface area contributed by atoms with Crippen LogP contribution in [0.3, 0.4) is 0 Å². The third-order valence-corrected chi connectivity index (χ3v) is 2.55. The van der Waals surface area contributed by atoms with E-state index in [4.69, 9.17) is 5.11 Å². The highest BCUT2D eigenvalue weighted by Gasteiger charge is 2.21. The summed E-state index contributed by atoms with van der Waals surface area (Å²) in [4.78, 5) is 11.7. The van der Waals surface area contributed by atoms with Crippen molar-refractivity contribution in [1.29, 1.82) is 0 Å². The molecule has 1 aromatic carbocycles. The quantitative estimate of drug-likeness (QED) is 0.866. The molecule has 0 heterocycles. The van der Waals surface area contributed by atoms with Crippen molar-refractivity contribution < 1.29 is 23.1 Å². The predicted octanol–water partition coefficient (Wildman–Crippen LogP) is 2.24. The molecule has 0 saturated carbocycles. The number of benzene rings is 1. The van der Waals surface area contributed by atoms with E-state index >= 15 is 0 Å². The maximum Gasteiger partial charge on any atom is 0.257 e. The van der Waals surface area contributed by atoms with Gasteiger partial charge in [-0.2, -0.15) is 0 Å². The van der Waals surface area contributed by atoms with Gasteiger partial charge in [0.05, 0.1) is 12.6 Å². The number of hydrogen-bond acceptors (Lipinski definition) is 2. The van der Waals surface area contributed by atoms with E-state index in [9.17, 15) is 18.0 Å². The van der Waals surface area contributed by atoms with Gasteiger partial charge in [-0.1, -0.05) is 13.8 Å². The van der Waals surface area contributed by atoms with Gasteiger partial charge >= 0.3 is 0 Å². The Kier molecular flexibility index (Phi) is 5.35. The molecule has 0 radical (unpaired) electrons. The zero-order chi connectivity index (χ0) is 14.6. The molecule has 0 spiro atoms. The van der Waals surface area contributed by atoms with Gasteiger partial charge in [-0.25, -0.2) is 13.2 Å². The van der Waals surface area contributed by atoms with Crippen molar-refractivity contribution >= 4 is 5.91 Å². The lowest BCUT2D eigenvalue weighted by Gasteiger charge is -2.18. The van der Waals surface area contributed by atoms with Crippen molar-refractivity contribution in [2.75, 3.05) is 6.61 Å². The molecule has 1 atom stereocenters. The summed E-state index contributed by atoms with van der Waals surface area (Å²) in [6.45, 7) is 3.43. The van der Waals surface area contributed by atoms with Crippen molar-refractivity contribution in [3.8, 4) is 0 Å². The summed E-state index contributed by atoms with van der Waals surface area (Å²) in [6.07, 6.45) is 0.465. The van der Waals surface area contributed by atoms with Crippen LogP contribution in [0.2, 0.25) is 0 Å². The summed E-state index contributed by atoms with van der Waals surface area (Å²) in [5.41, 5.74) is -0.844. The maximum absolute atomic E-state index is 13.4. The molecular weight excluding hydrogens is 259 g/mol. The topological polar surface area (TPSA) is 49.3 Å². The smallest absolute Gasteiger partial charge is 0.257 e. The van der Waals surface area contributed by atoms with Crippen LogP contribution in [0.5, 0.6) is 0 Å². The predicted molar refractivity (Wildman–Crippen MR) is 64.1 cm³/mol. The molecule has 1 amide bonds. The molecule has 1 rings (SSSR count). The largest absolute Gasteiger partial charge is 0.394 e. The van der Waals surface area contributed by atoms with Crippen molar-refractivity contribution in [2.45, 2.75) is 26.3 Å². The number of nitrogens with one attached hydrogen (secondary N) is 1. The van der Waals surface area contributed by atoms with Crippen LogP contribution in [0.25, 0.3) is 0 Å². The lowest BCUT2D eigenvalue weighted by molar-refractivity contribution is 0.0899. The van der Waals surface area contributed by atoms with Crippen molar-refractivity contribution in [2.24, 2.45) is 5.92 Å². The van der Waals surface area contributed by atoms with E-state index in [1.54, 1.807) is 0 Å². The summed E-state index contributed by atoms with van der Waals surface area (Å²) >= 11 is 0. The molecule has 6 heteroatoms. The first kappa shape index (κ1) is 15.5. The van der Waals surface area contributed by atoms with E-state index in [0.717, 1.165) is 0 Å². The highest BCUT2D eigenvalue weighted by molar-refractivity contribution is 5.94. The van der Waals surface area contributed by atoms with Gasteiger partial charge in [0.15, 0.2) is 0 Å². The molecule has 0 fully saturated rings. The molecule has 2 N–H and O–H groups in total. The van der Waals surface area contributed by atoms with E-state index in [0.29, 0.717) is 18.6 Å². The van der Waals surface area contributed by atoms with Gasteiger partial charge in [0.25, 0.3) is 5.91 Å². The highest BCUT2D eigenvalue weighted by atomic mass is 19.1. The maximum atomic E-state index is 13.4. The first-order chi connectivity index (χ1) is 8.85. The standard InChI is InChI=1S/C13H16F3NO2/c1-7(2)3-9(6-18)17-13(19)12-10(15)4-8(14)5-11(12)16/h4-5,7,9,18H,3,6H2,1-2H3,(H,17,19). The van der Waals surface area contributed by atoms with E-state index < -0.39 is 35.0 Å². The molecule has 0 saturated heterocycles. The van der Waals surface area contributed by atoms with Gasteiger partial charge < -0.3 is 10.4 Å². The van der Waals surface area contributed by atoms with Crippen LogP contribution in [-0.4, -0.2) is 23.7 Å². The third-order valence-electron chi connectivity index (χ3n) is 2.55. The molecule has 0 aliphatic heterocycles. The first-order valence-electron chi connectivity index (χ1n) is 5.91. The fourth-order valence-electron chi connectivity index (χ4n) is 1.76. The van der Waals surface area contributed by atoms with Crippen molar-refractivity contribution in [3.05, 3.63) is 35.1 Å². The lowest BCUT2D eigenvalue weighted by Crippen LogP contribution is -2.39. The first-order valence-corrected chi connectivity index (χ1v) is 5.91. The third kappa shape index (κ3) is 4.24. The van der Waals surface area contributed by atoms with Crippen LogP contribution in [0.1, 0.15) is 30.6 Å². The molecule has 1 aromatic rings. The SMILES string of the molecule is CC(C)CC(CO)NC(=O)c1c(F)cc(F)cc1F. The van der Waals surface area contributed by atoms with Gasteiger partial charge in [0, 0.05) is 12.1 Å². The van der Waals surface area contributed by atoms with Crippen LogP contribution < -0.4 is 5.32 Å². The summed E-state index contributed by atoms with van der Waals surface area (Å²) in [5.74, 6) is -4.44. The number of aliphatic hydroxyl groups is 1. The van der Waals surface area contributed by atoms with Crippen LogP contribution in [0.4, 0.5) is 13.2 Å². The second kappa shape index (κ2) is 6.56. The molecule has 19 heavy (non-hydrogen) atoms. The Morgan fingerprint density at radius 3 is 2.21 bits per heavy atom. The number of carbonyl (C=O) groups excluding carboxylic acids is 1. The number of hydrogen-bond donors (Lipinski definition) is 2. The summed E-state index contributed by atoms with van der Waals surface area (Å²) in [7, 11) is 0. The van der Waals surface area contributed by atoms with Gasteiger partial charge in [0.2, 0.25) is 0 Å². The van der Waals surface area contributed by atoms with E-state index in [-0.39, 0.29) is 12.5 Å². The number of rotatable bonds is 5. The Bertz CT molecular complexity index is 440. The number of aliphatic hydroxyl groups excluding tert-OH is 1. The van der Waals surface area contributed by atoms with Crippen LogP contribution in [0, 0.1) is 23.4 Å². The Balaban J connectivity index is 2.89. The van der Waals surface area contributed by atoms with E-state index in [2.05, 4.69) is 5.32 Å². The average molecular weight is 275 g/mol. The molecular formula is C13H16F3NO2. The van der Waals surface area contributed by atoms with Crippen molar-refractivity contribution in [1.82, 2.24) is 5.32 Å². The van der Waals surface area contributed by atoms with Crippen molar-refractivity contribution in [3.63, 3.8) is 0 Å². The van der Waals surface area contributed by atoms with Crippen LogP contribution >= 0.6 is 0 Å². The second-order valence-corrected chi connectivity index (χ2v) is 4.73. The van der Waals surface area contributed by atoms with E-state index in [1.807, 2.05) is 13.8 Å². The van der Waals surface area contributed by atoms with Crippen LogP contribution in [-0.2, 0) is 0 Å². The molecule has 0 aliphatic rings. The molecule has 1 unspecified atom stereocenters. The number of carbonyl (C=O) groups is 1. The summed E-state index contributed by atoms with van der Waals surface area (Å²) in [6, 6.07) is 0.277. The average Bonchev–Trinajstić information content (AvgIpc) is 2.25. The molecule has 0 aliphatic carbocycles. The number of amides is 1. The van der Waals surface area contributed by atoms with Gasteiger partial charge in [-0.3, -0.25) is 4.79 Å². The minimum absolute atomic E-state index is 0.195.